The number of alkyl halides is 3. The van der Waals surface area contributed by atoms with Gasteiger partial charge in [0.25, 0.3) is 5.56 Å². The van der Waals surface area contributed by atoms with E-state index >= 15 is 0 Å². The molecule has 3 aromatic heterocycles. The third kappa shape index (κ3) is 4.59. The third-order valence-electron chi connectivity index (χ3n) is 5.76. The third-order valence-corrected chi connectivity index (χ3v) is 6.75. The minimum Gasteiger partial charge on any atom is -0.287 e. The summed E-state index contributed by atoms with van der Waals surface area (Å²) in [6.45, 7) is 2.35. The van der Waals surface area contributed by atoms with Crippen molar-refractivity contribution in [3.8, 4) is 0 Å². The molecule has 178 valence electrons. The molecule has 1 saturated carbocycles. The van der Waals surface area contributed by atoms with Crippen LogP contribution in [-0.4, -0.2) is 29.6 Å². The van der Waals surface area contributed by atoms with Crippen LogP contribution in [0.1, 0.15) is 48.0 Å². The maximum absolute atomic E-state index is 13.2. The molecule has 34 heavy (non-hydrogen) atoms. The molecule has 0 N–H and O–H groups in total. The van der Waals surface area contributed by atoms with Gasteiger partial charge < -0.3 is 0 Å². The normalized spacial score (nSPS) is 14.2. The second kappa shape index (κ2) is 8.90. The van der Waals surface area contributed by atoms with E-state index < -0.39 is 11.9 Å². The predicted molar refractivity (Wildman–Crippen MR) is 118 cm³/mol. The fourth-order valence-corrected chi connectivity index (χ4v) is 4.82. The number of aromatic nitrogens is 6. The number of aryl methyl sites for hydroxylation is 2. The van der Waals surface area contributed by atoms with Gasteiger partial charge in [-0.1, -0.05) is 34.2 Å². The Hall–Kier alpha value is -3.15. The van der Waals surface area contributed by atoms with Crippen LogP contribution in [-0.2, 0) is 25.0 Å². The van der Waals surface area contributed by atoms with E-state index in [1.807, 2.05) is 6.07 Å². The molecule has 12 heteroatoms. The minimum atomic E-state index is -4.48. The number of nitrogens with zero attached hydrogens (tertiary/aromatic N) is 6. The monoisotopic (exact) mass is 490 g/mol. The van der Waals surface area contributed by atoms with E-state index in [-0.39, 0.29) is 18.0 Å². The number of hydrogen-bond acceptors (Lipinski definition) is 7. The Labute approximate surface area is 196 Å². The van der Waals surface area contributed by atoms with E-state index in [4.69, 9.17) is 4.63 Å². The molecule has 0 amide bonds. The Kier molecular flexibility index (Phi) is 5.92. The Bertz CT molecular complexity index is 1390. The van der Waals surface area contributed by atoms with Gasteiger partial charge >= 0.3 is 6.18 Å². The van der Waals surface area contributed by atoms with Crippen molar-refractivity contribution in [2.24, 2.45) is 0 Å². The van der Waals surface area contributed by atoms with Crippen LogP contribution in [0.2, 0.25) is 0 Å². The first kappa shape index (κ1) is 22.6. The summed E-state index contributed by atoms with van der Waals surface area (Å²) in [5.74, 6) is 0.541. The zero-order valence-electron chi connectivity index (χ0n) is 18.2. The van der Waals surface area contributed by atoms with Crippen LogP contribution in [0, 0.1) is 6.92 Å². The molecule has 3 heterocycles. The summed E-state index contributed by atoms with van der Waals surface area (Å²) >= 11 is 1.34. The summed E-state index contributed by atoms with van der Waals surface area (Å²) < 4.78 is 47.3. The first-order chi connectivity index (χ1) is 16.3. The van der Waals surface area contributed by atoms with Crippen LogP contribution in [0.25, 0.3) is 10.9 Å². The first-order valence-electron chi connectivity index (χ1n) is 10.9. The van der Waals surface area contributed by atoms with Gasteiger partial charge in [0.1, 0.15) is 11.4 Å². The van der Waals surface area contributed by atoms with Crippen LogP contribution in [0.4, 0.5) is 13.2 Å². The van der Waals surface area contributed by atoms with Crippen molar-refractivity contribution < 1.29 is 17.8 Å². The van der Waals surface area contributed by atoms with Gasteiger partial charge in [0.2, 0.25) is 0 Å². The van der Waals surface area contributed by atoms with Crippen molar-refractivity contribution in [3.05, 3.63) is 63.5 Å². The molecule has 1 aromatic carbocycles. The summed E-state index contributed by atoms with van der Waals surface area (Å²) in [6.07, 6.45) is -2.31. The molecule has 4 aromatic rings. The number of thioether (sulfide) groups is 1. The van der Waals surface area contributed by atoms with Gasteiger partial charge in [-0.15, -0.1) is 0 Å². The second-order valence-corrected chi connectivity index (χ2v) is 9.20. The Morgan fingerprint density at radius 3 is 2.68 bits per heavy atom. The van der Waals surface area contributed by atoms with Gasteiger partial charge in [-0.3, -0.25) is 14.0 Å². The second-order valence-electron chi connectivity index (χ2n) is 8.26. The highest BCUT2D eigenvalue weighted by atomic mass is 32.2. The van der Waals surface area contributed by atoms with Gasteiger partial charge in [-0.05, 0) is 44.4 Å². The maximum atomic E-state index is 13.2. The highest BCUT2D eigenvalue weighted by Crippen LogP contribution is 2.42. The zero-order valence-corrected chi connectivity index (χ0v) is 19.1. The highest BCUT2D eigenvalue weighted by Gasteiger charge is 2.37. The number of halogens is 3. The summed E-state index contributed by atoms with van der Waals surface area (Å²) in [5, 5.41) is 12.4. The number of hydrogen-bond donors (Lipinski definition) is 0. The topological polar surface area (TPSA) is 91.6 Å². The number of benzene rings is 1. The lowest BCUT2D eigenvalue weighted by molar-refractivity contribution is -0.141. The highest BCUT2D eigenvalue weighted by molar-refractivity contribution is 7.98. The molecule has 0 radical (unpaired) electrons. The van der Waals surface area contributed by atoms with Crippen molar-refractivity contribution in [3.63, 3.8) is 0 Å². The molecule has 0 unspecified atom stereocenters. The van der Waals surface area contributed by atoms with Crippen LogP contribution < -0.4 is 5.56 Å². The van der Waals surface area contributed by atoms with Gasteiger partial charge in [0.05, 0.1) is 10.9 Å². The smallest absolute Gasteiger partial charge is 0.287 e. The quantitative estimate of drug-likeness (QED) is 0.264. The van der Waals surface area contributed by atoms with Crippen LogP contribution in [0.15, 0.2) is 44.9 Å². The van der Waals surface area contributed by atoms with Crippen LogP contribution in [0.3, 0.4) is 0 Å². The lowest BCUT2D eigenvalue weighted by Crippen LogP contribution is -2.24. The van der Waals surface area contributed by atoms with Gasteiger partial charge in [-0.2, -0.15) is 18.3 Å². The van der Waals surface area contributed by atoms with Crippen molar-refractivity contribution in [1.29, 1.82) is 0 Å². The molecule has 0 bridgehead atoms. The average molecular weight is 491 g/mol. The van der Waals surface area contributed by atoms with Crippen molar-refractivity contribution in [2.75, 3.05) is 0 Å². The van der Waals surface area contributed by atoms with Crippen molar-refractivity contribution in [2.45, 2.75) is 62.3 Å². The summed E-state index contributed by atoms with van der Waals surface area (Å²) in [6, 6.07) is 8.23. The Balaban J connectivity index is 1.40. The molecule has 5 rings (SSSR count). The zero-order chi connectivity index (χ0) is 23.9. The van der Waals surface area contributed by atoms with E-state index in [1.165, 1.54) is 16.4 Å². The number of rotatable bonds is 8. The molecule has 1 fully saturated rings. The van der Waals surface area contributed by atoms with Gasteiger partial charge in [0, 0.05) is 30.5 Å². The summed E-state index contributed by atoms with van der Waals surface area (Å²) in [5.41, 5.74) is 1.45. The summed E-state index contributed by atoms with van der Waals surface area (Å²) in [7, 11) is 0. The van der Waals surface area contributed by atoms with E-state index in [9.17, 15) is 18.0 Å². The lowest BCUT2D eigenvalue weighted by atomic mass is 10.2. The number of para-hydroxylation sites is 1. The SMILES string of the molecule is Cc1nonc1CSc1nc2ccccc2c(=O)n1CCCn1nc(C(F)(F)F)cc1C1CC1. The van der Waals surface area contributed by atoms with E-state index in [2.05, 4.69) is 20.4 Å². The largest absolute Gasteiger partial charge is 0.435 e. The molecular formula is C22H21F3N6O2S. The molecule has 0 saturated heterocycles. The molecule has 0 aliphatic heterocycles. The van der Waals surface area contributed by atoms with E-state index in [0.29, 0.717) is 51.9 Å². The van der Waals surface area contributed by atoms with Crippen molar-refractivity contribution >= 4 is 22.7 Å². The van der Waals surface area contributed by atoms with E-state index in [1.54, 1.807) is 29.7 Å². The predicted octanol–water partition coefficient (Wildman–Crippen LogP) is 4.56. The fraction of sp³-hybridized carbons (Fsp3) is 0.409. The number of fused-ring (bicyclic) bond motifs is 1. The maximum Gasteiger partial charge on any atom is 0.435 e. The molecule has 1 aliphatic rings. The molecular weight excluding hydrogens is 469 g/mol. The van der Waals surface area contributed by atoms with Gasteiger partial charge in [-0.25, -0.2) is 9.61 Å². The fourth-order valence-electron chi connectivity index (χ4n) is 3.80. The van der Waals surface area contributed by atoms with Gasteiger partial charge in [0.15, 0.2) is 10.9 Å². The van der Waals surface area contributed by atoms with Crippen molar-refractivity contribution in [1.82, 2.24) is 29.6 Å². The average Bonchev–Trinajstić information content (AvgIpc) is 3.42. The summed E-state index contributed by atoms with van der Waals surface area (Å²) in [4.78, 5) is 17.9. The minimum absolute atomic E-state index is 0.124. The lowest BCUT2D eigenvalue weighted by Gasteiger charge is -2.13. The molecule has 8 nitrogen and oxygen atoms in total. The standard InChI is InChI=1S/C22H21F3N6O2S/c1-13-17(29-33-28-13)12-34-21-26-16-6-3-2-5-15(16)20(32)30(21)9-4-10-31-18(14-7-8-14)11-19(27-31)22(23,24)25/h2-3,5-6,11,14H,4,7-10,12H2,1H3. The van der Waals surface area contributed by atoms with Crippen LogP contribution in [0.5, 0.6) is 0 Å². The Morgan fingerprint density at radius 1 is 1.18 bits per heavy atom. The van der Waals surface area contributed by atoms with E-state index in [0.717, 1.165) is 18.9 Å². The molecule has 0 spiro atoms. The Morgan fingerprint density at radius 2 is 1.97 bits per heavy atom. The first-order valence-corrected chi connectivity index (χ1v) is 11.8. The molecule has 0 atom stereocenters. The van der Waals surface area contributed by atoms with Crippen LogP contribution >= 0.6 is 11.8 Å². The molecule has 1 aliphatic carbocycles.